The van der Waals surface area contributed by atoms with Crippen molar-refractivity contribution < 1.29 is 14.9 Å². The molecule has 0 fully saturated rings. The van der Waals surface area contributed by atoms with Crippen LogP contribution in [0.2, 0.25) is 0 Å². The van der Waals surface area contributed by atoms with Crippen LogP contribution >= 0.6 is 0 Å². The van der Waals surface area contributed by atoms with E-state index < -0.39 is 0 Å². The largest absolute Gasteiger partial charge is 0.339 e. The van der Waals surface area contributed by atoms with Crippen molar-refractivity contribution in [1.29, 1.82) is 0 Å². The van der Waals surface area contributed by atoms with Gasteiger partial charge in [0.05, 0.1) is 0 Å². The molecule has 3 rings (SSSR count). The summed E-state index contributed by atoms with van der Waals surface area (Å²) in [6.45, 7) is 7.65. The molecule has 3 aromatic carbocycles. The van der Waals surface area contributed by atoms with Gasteiger partial charge in [-0.2, -0.15) is 0 Å². The molecule has 2 amide bonds. The van der Waals surface area contributed by atoms with Crippen molar-refractivity contribution in [3.05, 3.63) is 77.9 Å². The predicted molar refractivity (Wildman–Crippen MR) is 121 cm³/mol. The van der Waals surface area contributed by atoms with Crippen LogP contribution in [0.1, 0.15) is 42.7 Å². The molecule has 1 atom stereocenters. The summed E-state index contributed by atoms with van der Waals surface area (Å²) in [7, 11) is 0. The zero-order valence-corrected chi connectivity index (χ0v) is 17.9. The highest BCUT2D eigenvalue weighted by molar-refractivity contribution is 5.97. The molecule has 0 heterocycles. The summed E-state index contributed by atoms with van der Waals surface area (Å²) >= 11 is 0. The van der Waals surface area contributed by atoms with Gasteiger partial charge in [-0.3, -0.25) is 9.59 Å². The maximum atomic E-state index is 12.5. The number of anilines is 1. The Bertz CT molecular complexity index is 1020. The van der Waals surface area contributed by atoms with Crippen molar-refractivity contribution in [2.75, 3.05) is 25.0 Å². The Hall–Kier alpha value is -3.18. The van der Waals surface area contributed by atoms with Gasteiger partial charge in [-0.1, -0.05) is 48.5 Å². The number of nitrogens with two attached hydrogens (primary N) is 1. The maximum absolute atomic E-state index is 12.5. The van der Waals surface area contributed by atoms with Gasteiger partial charge in [0.2, 0.25) is 0 Å². The number of carbonyl (C=O) groups is 2. The zero-order valence-electron chi connectivity index (χ0n) is 17.9. The lowest BCUT2D eigenvalue weighted by molar-refractivity contribution is -0.682. The first-order valence-corrected chi connectivity index (χ1v) is 10.5. The molecular weight excluding hydrogens is 374 g/mol. The monoisotopic (exact) mass is 404 g/mol. The van der Waals surface area contributed by atoms with E-state index in [9.17, 15) is 9.59 Å². The molecule has 0 aliphatic rings. The lowest BCUT2D eigenvalue weighted by Gasteiger charge is -2.19. The average molecular weight is 405 g/mol. The second kappa shape index (κ2) is 10.0. The Labute approximate surface area is 178 Å². The molecule has 3 aromatic rings. The second-order valence-corrected chi connectivity index (χ2v) is 7.40. The third-order valence-corrected chi connectivity index (χ3v) is 5.41. The van der Waals surface area contributed by atoms with Crippen LogP contribution in [0.4, 0.5) is 5.69 Å². The van der Waals surface area contributed by atoms with Gasteiger partial charge in [0.1, 0.15) is 6.04 Å². The third kappa shape index (κ3) is 5.05. The fourth-order valence-electron chi connectivity index (χ4n) is 3.69. The van der Waals surface area contributed by atoms with E-state index in [0.29, 0.717) is 30.9 Å². The highest BCUT2D eigenvalue weighted by Gasteiger charge is 2.16. The van der Waals surface area contributed by atoms with E-state index in [0.717, 1.165) is 0 Å². The smallest absolute Gasteiger partial charge is 0.279 e. The summed E-state index contributed by atoms with van der Waals surface area (Å²) < 4.78 is 0. The maximum Gasteiger partial charge on any atom is 0.279 e. The van der Waals surface area contributed by atoms with Crippen molar-refractivity contribution >= 4 is 28.3 Å². The number of nitrogens with one attached hydrogen (secondary N) is 1. The molecule has 3 N–H and O–H groups in total. The van der Waals surface area contributed by atoms with Gasteiger partial charge < -0.3 is 15.5 Å². The highest BCUT2D eigenvalue weighted by Crippen LogP contribution is 2.22. The molecule has 0 aromatic heterocycles. The molecule has 0 bridgehead atoms. The van der Waals surface area contributed by atoms with Crippen LogP contribution in [0.3, 0.4) is 0 Å². The number of amides is 2. The molecule has 0 radical (unpaired) electrons. The van der Waals surface area contributed by atoms with E-state index in [-0.39, 0.29) is 17.9 Å². The lowest BCUT2D eigenvalue weighted by atomic mass is 10.00. The van der Waals surface area contributed by atoms with Gasteiger partial charge in [0.25, 0.3) is 11.8 Å². The number of nitrogens with zero attached hydrogens (tertiary/aromatic N) is 1. The Morgan fingerprint density at radius 1 is 0.967 bits per heavy atom. The van der Waals surface area contributed by atoms with Crippen LogP contribution in [0.5, 0.6) is 0 Å². The number of benzene rings is 3. The number of rotatable bonds is 8. The van der Waals surface area contributed by atoms with Gasteiger partial charge in [-0.05, 0) is 49.7 Å². The summed E-state index contributed by atoms with van der Waals surface area (Å²) in [4.78, 5) is 26.8. The summed E-state index contributed by atoms with van der Waals surface area (Å²) in [6, 6.07) is 21.9. The van der Waals surface area contributed by atoms with E-state index in [1.165, 1.54) is 16.3 Å². The van der Waals surface area contributed by atoms with Gasteiger partial charge in [-0.15, -0.1) is 0 Å². The molecule has 156 valence electrons. The van der Waals surface area contributed by atoms with Crippen molar-refractivity contribution in [1.82, 2.24) is 4.90 Å². The minimum Gasteiger partial charge on any atom is -0.339 e. The normalized spacial score (nSPS) is 11.8. The van der Waals surface area contributed by atoms with Gasteiger partial charge in [0, 0.05) is 29.9 Å². The fourth-order valence-corrected chi connectivity index (χ4v) is 3.69. The average Bonchev–Trinajstić information content (AvgIpc) is 2.78. The number of hydrogen-bond acceptors (Lipinski definition) is 2. The van der Waals surface area contributed by atoms with Crippen molar-refractivity contribution in [3.8, 4) is 0 Å². The Morgan fingerprint density at radius 3 is 2.43 bits per heavy atom. The van der Waals surface area contributed by atoms with Crippen LogP contribution in [0.25, 0.3) is 10.8 Å². The lowest BCUT2D eigenvalue weighted by Crippen LogP contribution is -2.86. The molecule has 5 heteroatoms. The molecule has 0 aliphatic carbocycles. The minimum absolute atomic E-state index is 0.0211. The van der Waals surface area contributed by atoms with Crippen molar-refractivity contribution in [3.63, 3.8) is 0 Å². The molecule has 0 unspecified atom stereocenters. The van der Waals surface area contributed by atoms with Crippen LogP contribution in [0.15, 0.2) is 66.7 Å². The van der Waals surface area contributed by atoms with Crippen LogP contribution in [-0.2, 0) is 4.79 Å². The summed E-state index contributed by atoms with van der Waals surface area (Å²) in [5, 5.41) is 7.36. The standard InChI is InChI=1S/C25H29N3O2/c1-4-28(5-2)25(30)20-12-8-13-21(16-20)27-24(29)17-26-18(3)22-15-9-11-19-10-6-7-14-23(19)22/h6-16,18,26H,4-5,17H2,1-3H3,(H,27,29)/p+1/t18-/m0/s1. The molecule has 0 aliphatic heterocycles. The summed E-state index contributed by atoms with van der Waals surface area (Å²) in [6.07, 6.45) is 0. The number of quaternary nitrogens is 1. The Kier molecular flexibility index (Phi) is 7.20. The van der Waals surface area contributed by atoms with E-state index >= 15 is 0 Å². The second-order valence-electron chi connectivity index (χ2n) is 7.40. The Balaban J connectivity index is 1.62. The van der Waals surface area contributed by atoms with Crippen LogP contribution < -0.4 is 10.6 Å². The SMILES string of the molecule is CCN(CC)C(=O)c1cccc(NC(=O)C[NH2+][C@@H](C)c2cccc3ccccc23)c1. The first-order valence-electron chi connectivity index (χ1n) is 10.5. The molecule has 0 spiro atoms. The molecular formula is C25H30N3O2+. The number of hydrogen-bond donors (Lipinski definition) is 2. The first-order chi connectivity index (χ1) is 14.5. The molecule has 0 saturated carbocycles. The number of fused-ring (bicyclic) bond motifs is 1. The summed E-state index contributed by atoms with van der Waals surface area (Å²) in [5.74, 6) is -0.109. The molecule has 5 nitrogen and oxygen atoms in total. The van der Waals surface area contributed by atoms with Crippen LogP contribution in [-0.4, -0.2) is 36.3 Å². The van der Waals surface area contributed by atoms with E-state index in [1.54, 1.807) is 23.1 Å². The van der Waals surface area contributed by atoms with Crippen LogP contribution in [0, 0.1) is 0 Å². The van der Waals surface area contributed by atoms with E-state index in [2.05, 4.69) is 42.6 Å². The highest BCUT2D eigenvalue weighted by atomic mass is 16.2. The zero-order chi connectivity index (χ0) is 21.5. The van der Waals surface area contributed by atoms with Gasteiger partial charge >= 0.3 is 0 Å². The first kappa shape index (κ1) is 21.5. The third-order valence-electron chi connectivity index (χ3n) is 5.41. The quantitative estimate of drug-likeness (QED) is 0.603. The molecule has 30 heavy (non-hydrogen) atoms. The summed E-state index contributed by atoms with van der Waals surface area (Å²) in [5.41, 5.74) is 2.45. The van der Waals surface area contributed by atoms with Crippen molar-refractivity contribution in [2.24, 2.45) is 0 Å². The van der Waals surface area contributed by atoms with Gasteiger partial charge in [0.15, 0.2) is 6.54 Å². The van der Waals surface area contributed by atoms with E-state index in [4.69, 9.17) is 0 Å². The fraction of sp³-hybridized carbons (Fsp3) is 0.280. The Morgan fingerprint density at radius 2 is 1.67 bits per heavy atom. The van der Waals surface area contributed by atoms with Crippen molar-refractivity contribution in [2.45, 2.75) is 26.8 Å². The number of carbonyl (C=O) groups excluding carboxylic acids is 2. The molecule has 0 saturated heterocycles. The van der Waals surface area contributed by atoms with E-state index in [1.807, 2.05) is 37.4 Å². The minimum atomic E-state index is -0.0884. The van der Waals surface area contributed by atoms with Gasteiger partial charge in [-0.25, -0.2) is 0 Å². The predicted octanol–water partition coefficient (Wildman–Crippen LogP) is 3.58. The topological polar surface area (TPSA) is 66.0 Å².